The first-order valence-electron chi connectivity index (χ1n) is 7.60. The monoisotopic (exact) mass is 354 g/mol. The molecule has 2 nitrogen and oxygen atoms in total. The molecule has 7 heteroatoms. The number of halogens is 5. The first-order chi connectivity index (χ1) is 10.3. The molecule has 132 valence electrons. The zero-order valence-electron chi connectivity index (χ0n) is 13.3. The molecule has 23 heavy (non-hydrogen) atoms. The molecule has 1 heterocycles. The molecule has 0 aliphatic carbocycles. The number of rotatable bonds is 4. The van der Waals surface area contributed by atoms with Gasteiger partial charge in [-0.3, -0.25) is 4.90 Å². The van der Waals surface area contributed by atoms with Crippen molar-refractivity contribution in [3.05, 3.63) is 35.1 Å². The van der Waals surface area contributed by atoms with Crippen molar-refractivity contribution in [3.63, 3.8) is 0 Å². The van der Waals surface area contributed by atoms with Crippen LogP contribution in [0.15, 0.2) is 18.2 Å². The van der Waals surface area contributed by atoms with Gasteiger partial charge in [0.1, 0.15) is 5.82 Å². The van der Waals surface area contributed by atoms with Crippen molar-refractivity contribution < 1.29 is 17.6 Å². The Bertz CT molecular complexity index is 499. The van der Waals surface area contributed by atoms with E-state index in [1.165, 1.54) is 6.07 Å². The molecule has 0 bridgehead atoms. The predicted molar refractivity (Wildman–Crippen MR) is 85.3 cm³/mol. The Morgan fingerprint density at radius 3 is 2.30 bits per heavy atom. The highest BCUT2D eigenvalue weighted by Crippen LogP contribution is 2.35. The standard InChI is InChI=1S/C16H22F4N2.ClH/c1-11(2)9-15(22-7-5-21-6-8-22)12-3-4-14(17)13(10-12)16(18,19)20;/h3-4,10-11,15,21H,5-9H2,1-2H3;1H/t15-;/m0./s1. The second-order valence-electron chi connectivity index (χ2n) is 6.17. The Hall–Kier alpha value is -0.850. The fourth-order valence-corrected chi connectivity index (χ4v) is 2.90. The Labute approximate surface area is 140 Å². The Morgan fingerprint density at radius 2 is 1.78 bits per heavy atom. The quantitative estimate of drug-likeness (QED) is 0.813. The molecular weight excluding hydrogens is 332 g/mol. The fourth-order valence-electron chi connectivity index (χ4n) is 2.90. The van der Waals surface area contributed by atoms with E-state index in [0.717, 1.165) is 44.7 Å². The van der Waals surface area contributed by atoms with Gasteiger partial charge in [-0.25, -0.2) is 4.39 Å². The van der Waals surface area contributed by atoms with Crippen molar-refractivity contribution in [3.8, 4) is 0 Å². The van der Waals surface area contributed by atoms with Crippen LogP contribution in [-0.2, 0) is 6.18 Å². The third kappa shape index (κ3) is 5.33. The van der Waals surface area contributed by atoms with Crippen molar-refractivity contribution in [1.82, 2.24) is 10.2 Å². The van der Waals surface area contributed by atoms with Gasteiger partial charge < -0.3 is 5.32 Å². The van der Waals surface area contributed by atoms with Gasteiger partial charge in [0.2, 0.25) is 0 Å². The molecule has 0 unspecified atom stereocenters. The number of nitrogens with one attached hydrogen (secondary N) is 1. The summed E-state index contributed by atoms with van der Waals surface area (Å²) in [4.78, 5) is 2.18. The minimum Gasteiger partial charge on any atom is -0.314 e. The lowest BCUT2D eigenvalue weighted by Crippen LogP contribution is -2.45. The first-order valence-corrected chi connectivity index (χ1v) is 7.60. The van der Waals surface area contributed by atoms with Crippen molar-refractivity contribution in [2.45, 2.75) is 32.5 Å². The topological polar surface area (TPSA) is 15.3 Å². The van der Waals surface area contributed by atoms with Crippen LogP contribution in [0.3, 0.4) is 0 Å². The van der Waals surface area contributed by atoms with Gasteiger partial charge >= 0.3 is 6.18 Å². The second kappa shape index (κ2) is 8.31. The van der Waals surface area contributed by atoms with Crippen molar-refractivity contribution >= 4 is 12.4 Å². The summed E-state index contributed by atoms with van der Waals surface area (Å²) >= 11 is 0. The number of alkyl halides is 3. The van der Waals surface area contributed by atoms with E-state index >= 15 is 0 Å². The SMILES string of the molecule is CC(C)C[C@@H](c1ccc(F)c(C(F)(F)F)c1)N1CCNCC1.Cl. The molecule has 1 N–H and O–H groups in total. The summed E-state index contributed by atoms with van der Waals surface area (Å²) in [5.74, 6) is -0.862. The summed E-state index contributed by atoms with van der Waals surface area (Å²) in [5, 5.41) is 3.24. The van der Waals surface area contributed by atoms with Crippen molar-refractivity contribution in [2.24, 2.45) is 5.92 Å². The summed E-state index contributed by atoms with van der Waals surface area (Å²) < 4.78 is 52.3. The maximum absolute atomic E-state index is 13.5. The highest BCUT2D eigenvalue weighted by molar-refractivity contribution is 5.85. The van der Waals surface area contributed by atoms with E-state index in [9.17, 15) is 17.6 Å². The zero-order valence-corrected chi connectivity index (χ0v) is 14.1. The lowest BCUT2D eigenvalue weighted by molar-refractivity contribution is -0.140. The van der Waals surface area contributed by atoms with Gasteiger partial charge in [-0.05, 0) is 30.0 Å². The lowest BCUT2D eigenvalue weighted by atomic mass is 9.93. The lowest BCUT2D eigenvalue weighted by Gasteiger charge is -2.36. The summed E-state index contributed by atoms with van der Waals surface area (Å²) in [6, 6.07) is 3.29. The fraction of sp³-hybridized carbons (Fsp3) is 0.625. The number of nitrogens with zero attached hydrogens (tertiary/aromatic N) is 1. The largest absolute Gasteiger partial charge is 0.419 e. The van der Waals surface area contributed by atoms with Crippen LogP contribution in [0.5, 0.6) is 0 Å². The van der Waals surface area contributed by atoms with E-state index in [1.54, 1.807) is 0 Å². The summed E-state index contributed by atoms with van der Waals surface area (Å²) in [7, 11) is 0. The molecule has 0 amide bonds. The molecule has 0 saturated carbocycles. The van der Waals surface area contributed by atoms with Crippen molar-refractivity contribution in [1.29, 1.82) is 0 Å². The highest BCUT2D eigenvalue weighted by Gasteiger charge is 2.35. The second-order valence-corrected chi connectivity index (χ2v) is 6.17. The van der Waals surface area contributed by atoms with Crippen LogP contribution in [0.2, 0.25) is 0 Å². The Morgan fingerprint density at radius 1 is 1.17 bits per heavy atom. The molecule has 0 spiro atoms. The Kier molecular flexibility index (Phi) is 7.29. The van der Waals surface area contributed by atoms with Crippen LogP contribution in [0.25, 0.3) is 0 Å². The van der Waals surface area contributed by atoms with Crippen molar-refractivity contribution in [2.75, 3.05) is 26.2 Å². The zero-order chi connectivity index (χ0) is 16.3. The van der Waals surface area contributed by atoms with Gasteiger partial charge in [0.25, 0.3) is 0 Å². The van der Waals surface area contributed by atoms with Crippen LogP contribution in [0.4, 0.5) is 17.6 Å². The molecule has 1 atom stereocenters. The maximum Gasteiger partial charge on any atom is 0.419 e. The molecule has 2 rings (SSSR count). The number of benzene rings is 1. The van der Waals surface area contributed by atoms with E-state index in [0.29, 0.717) is 11.5 Å². The van der Waals surface area contributed by atoms with Gasteiger partial charge in [-0.2, -0.15) is 13.2 Å². The van der Waals surface area contributed by atoms with Gasteiger partial charge in [0.15, 0.2) is 0 Å². The molecule has 0 aromatic heterocycles. The average molecular weight is 355 g/mol. The van der Waals surface area contributed by atoms with E-state index < -0.39 is 17.6 Å². The minimum atomic E-state index is -4.66. The molecule has 1 aromatic rings. The van der Waals surface area contributed by atoms with Crippen LogP contribution in [0, 0.1) is 11.7 Å². The van der Waals surface area contributed by atoms with E-state index in [2.05, 4.69) is 10.2 Å². The molecular formula is C16H23ClF4N2. The third-order valence-corrected chi connectivity index (χ3v) is 3.97. The molecule has 1 aromatic carbocycles. The minimum absolute atomic E-state index is 0. The van der Waals surface area contributed by atoms with Crippen LogP contribution < -0.4 is 5.32 Å². The van der Waals surface area contributed by atoms with E-state index in [4.69, 9.17) is 0 Å². The summed E-state index contributed by atoms with van der Waals surface area (Å²) in [6.45, 7) is 7.31. The van der Waals surface area contributed by atoms with E-state index in [1.807, 2.05) is 13.8 Å². The predicted octanol–water partition coefficient (Wildman–Crippen LogP) is 4.26. The third-order valence-electron chi connectivity index (χ3n) is 3.97. The number of hydrogen-bond acceptors (Lipinski definition) is 2. The number of hydrogen-bond donors (Lipinski definition) is 1. The van der Waals surface area contributed by atoms with Crippen LogP contribution in [-0.4, -0.2) is 31.1 Å². The molecule has 1 aliphatic rings. The highest BCUT2D eigenvalue weighted by atomic mass is 35.5. The molecule has 1 fully saturated rings. The van der Waals surface area contributed by atoms with Gasteiger partial charge in [0.05, 0.1) is 5.56 Å². The number of piperazine rings is 1. The van der Waals surface area contributed by atoms with Gasteiger partial charge in [-0.15, -0.1) is 12.4 Å². The van der Waals surface area contributed by atoms with Gasteiger partial charge in [-0.1, -0.05) is 19.9 Å². The van der Waals surface area contributed by atoms with E-state index in [-0.39, 0.29) is 18.4 Å². The van der Waals surface area contributed by atoms with Crippen LogP contribution >= 0.6 is 12.4 Å². The molecule has 0 radical (unpaired) electrons. The Balaban J connectivity index is 0.00000264. The smallest absolute Gasteiger partial charge is 0.314 e. The first kappa shape index (κ1) is 20.2. The van der Waals surface area contributed by atoms with Gasteiger partial charge in [0, 0.05) is 32.2 Å². The summed E-state index contributed by atoms with van der Waals surface area (Å²) in [5.41, 5.74) is -0.627. The maximum atomic E-state index is 13.5. The normalized spacial score (nSPS) is 17.9. The summed E-state index contributed by atoms with van der Waals surface area (Å²) in [6.07, 6.45) is -3.91. The average Bonchev–Trinajstić information content (AvgIpc) is 2.45. The molecule has 1 saturated heterocycles. The molecule has 1 aliphatic heterocycles. The van der Waals surface area contributed by atoms with Crippen LogP contribution in [0.1, 0.15) is 37.4 Å².